The Bertz CT molecular complexity index is 1380. The fourth-order valence-electron chi connectivity index (χ4n) is 12.1. The van der Waals surface area contributed by atoms with Crippen LogP contribution in [0.15, 0.2) is 35.9 Å². The predicted octanol–water partition coefficient (Wildman–Crippen LogP) is 7.65. The first-order valence-electron chi connectivity index (χ1n) is 17.5. The third kappa shape index (κ3) is 4.66. The molecule has 0 aromatic heterocycles. The van der Waals surface area contributed by atoms with Gasteiger partial charge in [-0.25, -0.2) is 4.79 Å². The molecule has 0 saturated heterocycles. The molecule has 0 heterocycles. The molecule has 1 aromatic carbocycles. The van der Waals surface area contributed by atoms with Gasteiger partial charge in [-0.1, -0.05) is 59.3 Å². The molecule has 0 bridgehead atoms. The molecule has 6 rings (SSSR count). The molecule has 1 aromatic rings. The summed E-state index contributed by atoms with van der Waals surface area (Å²) >= 11 is 0. The van der Waals surface area contributed by atoms with E-state index in [1.165, 1.54) is 24.6 Å². The molecule has 11 atom stereocenters. The van der Waals surface area contributed by atoms with Crippen molar-refractivity contribution in [2.24, 2.45) is 56.7 Å². The molecule has 0 amide bonds. The minimum absolute atomic E-state index is 0.00875. The summed E-state index contributed by atoms with van der Waals surface area (Å²) < 4.78 is 6.11. The fraction of sp³-hybridized carbons (Fsp3) is 0.718. The number of hydrogen-bond acceptors (Lipinski definition) is 6. The van der Waals surface area contributed by atoms with Crippen LogP contribution in [0.5, 0.6) is 11.5 Å². The maximum absolute atomic E-state index is 13.0. The van der Waals surface area contributed by atoms with Gasteiger partial charge in [-0.15, -0.1) is 0 Å². The van der Waals surface area contributed by atoms with Gasteiger partial charge in [-0.05, 0) is 127 Å². The van der Waals surface area contributed by atoms with Crippen LogP contribution in [0.25, 0.3) is 6.08 Å². The van der Waals surface area contributed by atoms with Crippen molar-refractivity contribution in [3.8, 4) is 11.5 Å². The zero-order chi connectivity index (χ0) is 32.6. The number of carbonyl (C=O) groups is 1. The maximum Gasteiger partial charge on any atom is 0.331 e. The Morgan fingerprint density at radius 2 is 1.67 bits per heavy atom. The van der Waals surface area contributed by atoms with Crippen LogP contribution in [0.4, 0.5) is 0 Å². The number of esters is 1. The molecule has 4 N–H and O–H groups in total. The zero-order valence-corrected chi connectivity index (χ0v) is 28.3. The highest BCUT2D eigenvalue weighted by Crippen LogP contribution is 2.75. The Hall–Kier alpha value is -2.31. The van der Waals surface area contributed by atoms with E-state index in [1.807, 2.05) is 0 Å². The summed E-state index contributed by atoms with van der Waals surface area (Å²) in [6.45, 7) is 14.8. The average Bonchev–Trinajstić information content (AvgIpc) is 3.01. The molecule has 5 aliphatic rings. The maximum atomic E-state index is 13.0. The monoisotopic (exact) mass is 620 g/mol. The number of aliphatic hydroxyl groups is 2. The Morgan fingerprint density at radius 3 is 2.36 bits per heavy atom. The number of carbonyl (C=O) groups excluding carboxylic acids is 1. The fourth-order valence-corrected chi connectivity index (χ4v) is 12.1. The smallest absolute Gasteiger partial charge is 0.331 e. The molecular weight excluding hydrogens is 564 g/mol. The number of aliphatic hydroxyl groups excluding tert-OH is 2. The van der Waals surface area contributed by atoms with Crippen molar-refractivity contribution in [1.29, 1.82) is 0 Å². The first-order chi connectivity index (χ1) is 21.2. The highest BCUT2D eigenvalue weighted by molar-refractivity contribution is 5.87. The second-order valence-electron chi connectivity index (χ2n) is 16.9. The van der Waals surface area contributed by atoms with Gasteiger partial charge in [0.2, 0.25) is 0 Å². The molecule has 0 aliphatic heterocycles. The van der Waals surface area contributed by atoms with Crippen LogP contribution in [0, 0.1) is 56.7 Å². The summed E-state index contributed by atoms with van der Waals surface area (Å²) in [6.07, 6.45) is 14.6. The Labute approximate surface area is 270 Å². The van der Waals surface area contributed by atoms with Crippen LogP contribution in [0.3, 0.4) is 0 Å². The predicted molar refractivity (Wildman–Crippen MR) is 176 cm³/mol. The first kappa shape index (κ1) is 32.6. The van der Waals surface area contributed by atoms with Gasteiger partial charge in [-0.2, -0.15) is 0 Å². The van der Waals surface area contributed by atoms with Crippen LogP contribution >= 0.6 is 0 Å². The summed E-state index contributed by atoms with van der Waals surface area (Å²) in [6, 6.07) is 4.41. The van der Waals surface area contributed by atoms with Gasteiger partial charge < -0.3 is 25.2 Å². The van der Waals surface area contributed by atoms with E-state index in [2.05, 4.69) is 47.6 Å². The lowest BCUT2D eigenvalue weighted by molar-refractivity contribution is -0.223. The number of benzene rings is 1. The van der Waals surface area contributed by atoms with E-state index in [1.54, 1.807) is 17.7 Å². The van der Waals surface area contributed by atoms with Crippen molar-refractivity contribution in [3.63, 3.8) is 0 Å². The Balaban J connectivity index is 1.27. The van der Waals surface area contributed by atoms with Gasteiger partial charge in [0.1, 0.15) is 6.10 Å². The molecule has 6 nitrogen and oxygen atoms in total. The lowest BCUT2D eigenvalue weighted by Crippen LogP contribution is -2.66. The van der Waals surface area contributed by atoms with Crippen molar-refractivity contribution in [3.05, 3.63) is 41.5 Å². The van der Waals surface area contributed by atoms with Crippen LogP contribution in [0.2, 0.25) is 0 Å². The van der Waals surface area contributed by atoms with Gasteiger partial charge in [0, 0.05) is 23.5 Å². The molecule has 0 radical (unpaired) electrons. The van der Waals surface area contributed by atoms with Crippen LogP contribution in [-0.4, -0.2) is 45.7 Å². The van der Waals surface area contributed by atoms with Gasteiger partial charge in [0.05, 0.1) is 6.61 Å². The van der Waals surface area contributed by atoms with Crippen LogP contribution in [-0.2, 0) is 9.53 Å². The lowest BCUT2D eigenvalue weighted by atomic mass is 9.33. The quantitative estimate of drug-likeness (QED) is 0.117. The van der Waals surface area contributed by atoms with E-state index in [0.717, 1.165) is 44.9 Å². The molecule has 0 spiro atoms. The van der Waals surface area contributed by atoms with E-state index in [0.29, 0.717) is 42.3 Å². The van der Waals surface area contributed by atoms with E-state index in [4.69, 9.17) is 4.74 Å². The number of hydrogen-bond donors (Lipinski definition) is 4. The molecule has 45 heavy (non-hydrogen) atoms. The minimum Gasteiger partial charge on any atom is -0.504 e. The molecule has 0 unspecified atom stereocenters. The van der Waals surface area contributed by atoms with Crippen molar-refractivity contribution in [2.75, 3.05) is 13.2 Å². The topological polar surface area (TPSA) is 107 Å². The Kier molecular flexibility index (Phi) is 8.08. The van der Waals surface area contributed by atoms with Gasteiger partial charge in [-0.3, -0.25) is 0 Å². The number of allylic oxidation sites excluding steroid dienone is 2. The van der Waals surface area contributed by atoms with Gasteiger partial charge in [0.15, 0.2) is 11.5 Å². The largest absolute Gasteiger partial charge is 0.504 e. The molecule has 4 fully saturated rings. The summed E-state index contributed by atoms with van der Waals surface area (Å²) in [5.74, 6) is 1.48. The molecule has 6 heteroatoms. The van der Waals surface area contributed by atoms with Crippen molar-refractivity contribution in [2.45, 2.75) is 105 Å². The molecule has 248 valence electrons. The van der Waals surface area contributed by atoms with Crippen molar-refractivity contribution >= 4 is 12.0 Å². The number of phenolic OH excluding ortho intramolecular Hbond substituents is 2. The first-order valence-corrected chi connectivity index (χ1v) is 17.5. The summed E-state index contributed by atoms with van der Waals surface area (Å²) in [4.78, 5) is 13.0. The molecule has 5 aliphatic carbocycles. The zero-order valence-electron chi connectivity index (χ0n) is 28.3. The van der Waals surface area contributed by atoms with E-state index in [-0.39, 0.29) is 51.8 Å². The van der Waals surface area contributed by atoms with Crippen LogP contribution in [0.1, 0.15) is 105 Å². The van der Waals surface area contributed by atoms with Crippen molar-refractivity contribution in [1.82, 2.24) is 0 Å². The van der Waals surface area contributed by atoms with Gasteiger partial charge >= 0.3 is 5.97 Å². The second kappa shape index (κ2) is 11.1. The van der Waals surface area contributed by atoms with Crippen molar-refractivity contribution < 1.29 is 30.0 Å². The molecule has 4 saturated carbocycles. The highest BCUT2D eigenvalue weighted by Gasteiger charge is 2.69. The SMILES string of the molecule is C[C@H]1[C@H](C)CC[C@]2(CO)CC[C@]3(C)C(=CC[C@@H]4[C@@]5(C)CC[C@H](OC(=O)/C=C/c6ccc(O)c(O)c6)[C@@](C)(CO)[C@@H]5CC[C@]43C)[C@H]12. The average molecular weight is 621 g/mol. The van der Waals surface area contributed by atoms with E-state index < -0.39 is 11.4 Å². The number of aromatic hydroxyl groups is 2. The second-order valence-corrected chi connectivity index (χ2v) is 16.9. The Morgan fingerprint density at radius 1 is 0.911 bits per heavy atom. The normalized spacial score (nSPS) is 45.9. The minimum atomic E-state index is -0.550. The van der Waals surface area contributed by atoms with Crippen LogP contribution < -0.4 is 0 Å². The third-order valence-corrected chi connectivity index (χ3v) is 15.2. The lowest BCUT2D eigenvalue weighted by Gasteiger charge is -2.71. The standard InChI is InChI=1S/C39H56O6/c1-24-13-18-39(23-41)20-19-37(5)27(34(39)25(24)2)9-11-31-35(3)16-15-32(36(4,22-40)30(35)14-17-38(31,37)6)45-33(44)12-8-26-7-10-28(42)29(43)21-26/h7-10,12,21,24-25,30-32,34,40-43H,11,13-20,22-23H2,1-6H3/b12-8+/t24-,25+,30-,31-,32+,34+,35+,36+,37-,38-,39-/m1/s1. The van der Waals surface area contributed by atoms with Gasteiger partial charge in [0.25, 0.3) is 0 Å². The summed E-state index contributed by atoms with van der Waals surface area (Å²) in [5.41, 5.74) is 1.93. The number of phenols is 2. The highest BCUT2D eigenvalue weighted by atomic mass is 16.5. The molecular formula is C39H56O6. The third-order valence-electron chi connectivity index (χ3n) is 15.2. The number of ether oxygens (including phenoxy) is 1. The number of rotatable bonds is 5. The summed E-state index contributed by atoms with van der Waals surface area (Å²) in [5, 5.41) is 41.2. The van der Waals surface area contributed by atoms with E-state index in [9.17, 15) is 25.2 Å². The number of fused-ring (bicyclic) bond motifs is 7. The summed E-state index contributed by atoms with van der Waals surface area (Å²) in [7, 11) is 0. The van der Waals surface area contributed by atoms with E-state index >= 15 is 0 Å².